The van der Waals surface area contributed by atoms with Crippen LogP contribution in [0.3, 0.4) is 0 Å². The van der Waals surface area contributed by atoms with Crippen LogP contribution < -0.4 is 5.32 Å². The lowest BCUT2D eigenvalue weighted by atomic mass is 9.99. The minimum Gasteiger partial charge on any atom is -0.356 e. The Morgan fingerprint density at radius 1 is 1.37 bits per heavy atom. The van der Waals surface area contributed by atoms with Crippen molar-refractivity contribution in [3.05, 3.63) is 30.4 Å². The van der Waals surface area contributed by atoms with E-state index in [4.69, 9.17) is 0 Å². The molecule has 0 spiro atoms. The molecule has 0 radical (unpaired) electrons. The number of amides is 1. The fourth-order valence-electron chi connectivity index (χ4n) is 3.28. The quantitative estimate of drug-likeness (QED) is 0.690. The third-order valence-electron chi connectivity index (χ3n) is 4.99. The van der Waals surface area contributed by atoms with Crippen molar-refractivity contribution in [1.29, 1.82) is 0 Å². The summed E-state index contributed by atoms with van der Waals surface area (Å²) in [4.78, 5) is 12.7. The smallest absolute Gasteiger partial charge is 0.246 e. The third kappa shape index (κ3) is 4.38. The molecule has 1 amide bonds. The average molecular weight is 395 g/mol. The molecule has 1 aliphatic heterocycles. The molecule has 10 heteroatoms. The topological polar surface area (TPSA) is 102 Å². The summed E-state index contributed by atoms with van der Waals surface area (Å²) in [7, 11) is -1.92. The van der Waals surface area contributed by atoms with E-state index in [1.165, 1.54) is 10.5 Å². The van der Waals surface area contributed by atoms with Crippen LogP contribution in [0.15, 0.2) is 29.6 Å². The molecule has 0 aromatic carbocycles. The molecule has 0 bridgehead atoms. The van der Waals surface area contributed by atoms with Gasteiger partial charge in [0.05, 0.1) is 17.8 Å². The molecule has 3 rings (SSSR count). The fraction of sp³-hybridized carbons (Fsp3) is 0.588. The van der Waals surface area contributed by atoms with Gasteiger partial charge in [-0.25, -0.2) is 8.42 Å². The van der Waals surface area contributed by atoms with Crippen molar-refractivity contribution in [2.75, 3.05) is 19.6 Å². The minimum atomic E-state index is -3.63. The van der Waals surface area contributed by atoms with E-state index >= 15 is 0 Å². The molecule has 1 fully saturated rings. The van der Waals surface area contributed by atoms with Gasteiger partial charge >= 0.3 is 0 Å². The maximum Gasteiger partial charge on any atom is 0.246 e. The second-order valence-electron chi connectivity index (χ2n) is 6.83. The van der Waals surface area contributed by atoms with E-state index in [-0.39, 0.29) is 23.3 Å². The van der Waals surface area contributed by atoms with E-state index in [1.54, 1.807) is 24.9 Å². The lowest BCUT2D eigenvalue weighted by molar-refractivity contribution is -0.126. The second kappa shape index (κ2) is 8.22. The first-order chi connectivity index (χ1) is 12.9. The molecule has 1 N–H and O–H groups in total. The highest BCUT2D eigenvalue weighted by Gasteiger charge is 2.34. The molecule has 0 saturated carbocycles. The number of hydrogen-bond donors (Lipinski definition) is 1. The fourth-order valence-corrected chi connectivity index (χ4v) is 4.98. The Balaban J connectivity index is 1.55. The van der Waals surface area contributed by atoms with Crippen LogP contribution in [0.5, 0.6) is 0 Å². The van der Waals surface area contributed by atoms with E-state index in [0.29, 0.717) is 31.6 Å². The van der Waals surface area contributed by atoms with Crippen molar-refractivity contribution in [2.24, 2.45) is 13.0 Å². The Hall–Kier alpha value is -2.20. The van der Waals surface area contributed by atoms with Crippen molar-refractivity contribution in [3.8, 4) is 0 Å². The molecule has 9 nitrogen and oxygen atoms in total. The van der Waals surface area contributed by atoms with Gasteiger partial charge in [0.15, 0.2) is 0 Å². The van der Waals surface area contributed by atoms with E-state index in [9.17, 15) is 13.2 Å². The van der Waals surface area contributed by atoms with Crippen molar-refractivity contribution in [2.45, 2.75) is 37.6 Å². The van der Waals surface area contributed by atoms with Crippen LogP contribution in [0.4, 0.5) is 0 Å². The van der Waals surface area contributed by atoms with Crippen LogP contribution in [-0.4, -0.2) is 57.8 Å². The molecule has 1 unspecified atom stereocenters. The van der Waals surface area contributed by atoms with Gasteiger partial charge in [-0.05, 0) is 32.3 Å². The van der Waals surface area contributed by atoms with E-state index in [2.05, 4.69) is 15.5 Å². The first-order valence-corrected chi connectivity index (χ1v) is 10.6. The molecule has 1 saturated heterocycles. The van der Waals surface area contributed by atoms with Gasteiger partial charge in [0.2, 0.25) is 15.9 Å². The van der Waals surface area contributed by atoms with Gasteiger partial charge in [0.25, 0.3) is 0 Å². The first kappa shape index (κ1) is 19.6. The summed E-state index contributed by atoms with van der Waals surface area (Å²) >= 11 is 0. The van der Waals surface area contributed by atoms with E-state index in [0.717, 1.165) is 13.0 Å². The summed E-state index contributed by atoms with van der Waals surface area (Å²) in [6.45, 7) is 3.65. The Labute approximate surface area is 159 Å². The van der Waals surface area contributed by atoms with Crippen LogP contribution in [0.1, 0.15) is 25.0 Å². The zero-order valence-electron chi connectivity index (χ0n) is 15.7. The average Bonchev–Trinajstić information content (AvgIpc) is 3.29. The molecule has 2 aromatic heterocycles. The van der Waals surface area contributed by atoms with Gasteiger partial charge in [-0.3, -0.25) is 14.2 Å². The van der Waals surface area contributed by atoms with Crippen molar-refractivity contribution in [1.82, 2.24) is 29.2 Å². The number of aromatic nitrogens is 4. The summed E-state index contributed by atoms with van der Waals surface area (Å²) < 4.78 is 30.6. The molecule has 27 heavy (non-hydrogen) atoms. The van der Waals surface area contributed by atoms with Crippen molar-refractivity contribution >= 4 is 15.9 Å². The largest absolute Gasteiger partial charge is 0.356 e. The number of aryl methyl sites for hydroxylation is 2. The van der Waals surface area contributed by atoms with Crippen molar-refractivity contribution < 1.29 is 13.2 Å². The number of hydrogen-bond acceptors (Lipinski definition) is 5. The summed E-state index contributed by atoms with van der Waals surface area (Å²) in [5.41, 5.74) is 0.597. The lowest BCUT2D eigenvalue weighted by Gasteiger charge is -2.31. The monoisotopic (exact) mass is 394 g/mol. The highest BCUT2D eigenvalue weighted by atomic mass is 32.2. The standard InChI is InChI=1S/C17H26N6O3S/c1-14-16(12-20-21(14)2)27(25,26)23-11-3-6-15(13-23)17(24)18-7-4-9-22-10-5-8-19-22/h5,8,10,12,15H,3-4,6-7,9,11,13H2,1-2H3,(H,18,24). The number of nitrogens with one attached hydrogen (secondary N) is 1. The normalized spacial score (nSPS) is 18.5. The Morgan fingerprint density at radius 3 is 2.85 bits per heavy atom. The molecule has 0 aliphatic carbocycles. The zero-order valence-corrected chi connectivity index (χ0v) is 16.5. The van der Waals surface area contributed by atoms with E-state index in [1.807, 2.05) is 16.9 Å². The summed E-state index contributed by atoms with van der Waals surface area (Å²) in [5, 5.41) is 11.1. The Bertz CT molecular complexity index is 875. The number of carbonyl (C=O) groups is 1. The van der Waals surface area contributed by atoms with Crippen LogP contribution in [-0.2, 0) is 28.4 Å². The maximum atomic E-state index is 12.9. The number of piperidine rings is 1. The van der Waals surface area contributed by atoms with Gasteiger partial charge in [0, 0.05) is 45.6 Å². The third-order valence-corrected chi connectivity index (χ3v) is 6.95. The van der Waals surface area contributed by atoms with Gasteiger partial charge < -0.3 is 5.32 Å². The SMILES string of the molecule is Cc1c(S(=O)(=O)N2CCCC(C(=O)NCCCn3cccn3)C2)cnn1C. The predicted molar refractivity (Wildman–Crippen MR) is 99.3 cm³/mol. The zero-order chi connectivity index (χ0) is 19.4. The van der Waals surface area contributed by atoms with Gasteiger partial charge in [-0.15, -0.1) is 0 Å². The lowest BCUT2D eigenvalue weighted by Crippen LogP contribution is -2.45. The highest BCUT2D eigenvalue weighted by Crippen LogP contribution is 2.25. The van der Waals surface area contributed by atoms with Gasteiger partial charge in [-0.2, -0.15) is 14.5 Å². The minimum absolute atomic E-state index is 0.0849. The number of carbonyl (C=O) groups excluding carboxylic acids is 1. The Kier molecular flexibility index (Phi) is 5.95. The van der Waals surface area contributed by atoms with Crippen LogP contribution in [0.25, 0.3) is 0 Å². The molecule has 1 atom stereocenters. The van der Waals surface area contributed by atoms with E-state index < -0.39 is 10.0 Å². The number of sulfonamides is 1. The first-order valence-electron chi connectivity index (χ1n) is 9.13. The number of nitrogens with zero attached hydrogens (tertiary/aromatic N) is 5. The molecule has 1 aliphatic rings. The molecular weight excluding hydrogens is 368 g/mol. The Morgan fingerprint density at radius 2 is 2.19 bits per heavy atom. The molecule has 3 heterocycles. The molecule has 148 valence electrons. The highest BCUT2D eigenvalue weighted by molar-refractivity contribution is 7.89. The maximum absolute atomic E-state index is 12.9. The summed E-state index contributed by atoms with van der Waals surface area (Å²) in [6, 6.07) is 1.86. The van der Waals surface area contributed by atoms with Gasteiger partial charge in [0.1, 0.15) is 4.90 Å². The number of rotatable bonds is 7. The summed E-state index contributed by atoms with van der Waals surface area (Å²) in [5.74, 6) is -0.409. The summed E-state index contributed by atoms with van der Waals surface area (Å²) in [6.07, 6.45) is 7.12. The van der Waals surface area contributed by atoms with Gasteiger partial charge in [-0.1, -0.05) is 0 Å². The second-order valence-corrected chi connectivity index (χ2v) is 8.74. The molecule has 2 aromatic rings. The molecular formula is C17H26N6O3S. The van der Waals surface area contributed by atoms with Crippen LogP contribution >= 0.6 is 0 Å². The predicted octanol–water partition coefficient (Wildman–Crippen LogP) is 0.532. The van der Waals surface area contributed by atoms with Crippen LogP contribution in [0.2, 0.25) is 0 Å². The van der Waals surface area contributed by atoms with Crippen molar-refractivity contribution in [3.63, 3.8) is 0 Å². The van der Waals surface area contributed by atoms with Crippen LogP contribution in [0, 0.1) is 12.8 Å².